The molecular formula is C20H24N4O4. The number of ether oxygens (including phenoxy) is 1. The number of nitrogens with two attached hydrogens (primary N) is 1. The number of urea groups is 1. The third-order valence-electron chi connectivity index (χ3n) is 6.03. The summed E-state index contributed by atoms with van der Waals surface area (Å²) in [4.78, 5) is 41.7. The Balaban J connectivity index is 1.30. The number of hydrogen-bond acceptors (Lipinski definition) is 5. The molecule has 148 valence electrons. The first-order chi connectivity index (χ1) is 13.4. The van der Waals surface area contributed by atoms with E-state index in [0.717, 1.165) is 25.7 Å². The summed E-state index contributed by atoms with van der Waals surface area (Å²) < 4.78 is 5.86. The van der Waals surface area contributed by atoms with Gasteiger partial charge in [0.1, 0.15) is 11.7 Å². The highest BCUT2D eigenvalue weighted by atomic mass is 16.5. The Hall–Kier alpha value is -2.90. The van der Waals surface area contributed by atoms with Crippen molar-refractivity contribution in [1.82, 2.24) is 15.2 Å². The number of nitrogens with zero attached hydrogens (tertiary/aromatic N) is 2. The molecule has 1 saturated heterocycles. The fourth-order valence-electron chi connectivity index (χ4n) is 4.71. The van der Waals surface area contributed by atoms with E-state index >= 15 is 0 Å². The van der Waals surface area contributed by atoms with Crippen molar-refractivity contribution in [2.45, 2.75) is 56.7 Å². The molecule has 3 aliphatic rings. The Morgan fingerprint density at radius 1 is 1.39 bits per heavy atom. The predicted molar refractivity (Wildman–Crippen MR) is 100 cm³/mol. The van der Waals surface area contributed by atoms with Crippen LogP contribution in [0.3, 0.4) is 0 Å². The van der Waals surface area contributed by atoms with Crippen molar-refractivity contribution in [3.05, 3.63) is 36.5 Å². The fraction of sp³-hybridized carbons (Fsp3) is 0.500. The van der Waals surface area contributed by atoms with Crippen molar-refractivity contribution >= 4 is 17.8 Å². The molecule has 4 amide bonds. The number of primary amides is 1. The van der Waals surface area contributed by atoms with Crippen molar-refractivity contribution in [3.8, 4) is 5.88 Å². The standard InChI is InChI=1S/C20H24N4O4/c1-2-4-12-7-16(25)24(19(27)23-12)13-8-20(9-13)10-14(11-20)28-18-15(17(21)26)5-3-6-22-18/h2-3,5-6,12-14H,1,4,7-11H2,(H2,21,26)(H,23,27)/t12-,13?,14?,20?/m1/s1. The minimum atomic E-state index is -0.565. The Bertz CT molecular complexity index is 807. The van der Waals surface area contributed by atoms with Gasteiger partial charge in [0.15, 0.2) is 0 Å². The van der Waals surface area contributed by atoms with Crippen LogP contribution in [-0.4, -0.2) is 45.9 Å². The first kappa shape index (κ1) is 18.5. The van der Waals surface area contributed by atoms with Gasteiger partial charge in [0.2, 0.25) is 11.8 Å². The van der Waals surface area contributed by atoms with Crippen LogP contribution in [0.1, 0.15) is 48.9 Å². The van der Waals surface area contributed by atoms with E-state index in [9.17, 15) is 14.4 Å². The lowest BCUT2D eigenvalue weighted by molar-refractivity contribution is -0.145. The first-order valence-electron chi connectivity index (χ1n) is 9.56. The maximum Gasteiger partial charge on any atom is 0.324 e. The molecule has 3 N–H and O–H groups in total. The van der Waals surface area contributed by atoms with E-state index in [0.29, 0.717) is 12.8 Å². The molecule has 1 aromatic rings. The zero-order chi connectivity index (χ0) is 19.9. The maximum absolute atomic E-state index is 12.4. The summed E-state index contributed by atoms with van der Waals surface area (Å²) in [7, 11) is 0. The van der Waals surface area contributed by atoms with Crippen LogP contribution >= 0.6 is 0 Å². The minimum Gasteiger partial charge on any atom is -0.474 e. The molecule has 2 heterocycles. The average Bonchev–Trinajstić information content (AvgIpc) is 2.57. The summed E-state index contributed by atoms with van der Waals surface area (Å²) in [5.74, 6) is -0.406. The Morgan fingerprint density at radius 3 is 2.79 bits per heavy atom. The van der Waals surface area contributed by atoms with Crippen molar-refractivity contribution in [2.75, 3.05) is 0 Å². The molecular weight excluding hydrogens is 360 g/mol. The van der Waals surface area contributed by atoms with Crippen LogP contribution in [0, 0.1) is 5.41 Å². The molecule has 1 aliphatic heterocycles. The van der Waals surface area contributed by atoms with Gasteiger partial charge in [-0.2, -0.15) is 0 Å². The number of aromatic nitrogens is 1. The predicted octanol–water partition coefficient (Wildman–Crippen LogP) is 1.76. The van der Waals surface area contributed by atoms with Gasteiger partial charge in [-0.3, -0.25) is 14.5 Å². The van der Waals surface area contributed by atoms with Gasteiger partial charge in [-0.25, -0.2) is 9.78 Å². The summed E-state index contributed by atoms with van der Waals surface area (Å²) in [6.45, 7) is 3.66. The molecule has 8 nitrogen and oxygen atoms in total. The SMILES string of the molecule is C=CC[C@@H]1CC(=O)N(C2CC3(CC(Oc4ncccc4C(N)=O)C3)C2)C(=O)N1. The molecule has 1 atom stereocenters. The van der Waals surface area contributed by atoms with E-state index in [4.69, 9.17) is 10.5 Å². The second-order valence-electron chi connectivity index (χ2n) is 8.07. The van der Waals surface area contributed by atoms with Crippen LogP contribution in [0.5, 0.6) is 5.88 Å². The van der Waals surface area contributed by atoms with Gasteiger partial charge in [0.25, 0.3) is 5.91 Å². The Labute approximate surface area is 163 Å². The van der Waals surface area contributed by atoms with E-state index in [1.54, 1.807) is 24.4 Å². The minimum absolute atomic E-state index is 0.0307. The highest BCUT2D eigenvalue weighted by Crippen LogP contribution is 2.58. The molecule has 2 saturated carbocycles. The van der Waals surface area contributed by atoms with Gasteiger partial charge in [0, 0.05) is 24.7 Å². The molecule has 0 bridgehead atoms. The Morgan fingerprint density at radius 2 is 2.14 bits per heavy atom. The number of nitrogens with one attached hydrogen (secondary N) is 1. The molecule has 0 unspecified atom stereocenters. The van der Waals surface area contributed by atoms with Gasteiger partial charge in [-0.05, 0) is 49.7 Å². The van der Waals surface area contributed by atoms with Crippen molar-refractivity contribution in [1.29, 1.82) is 0 Å². The molecule has 4 rings (SSSR count). The molecule has 3 fully saturated rings. The lowest BCUT2D eigenvalue weighted by Gasteiger charge is -2.59. The fourth-order valence-corrected chi connectivity index (χ4v) is 4.71. The number of pyridine rings is 1. The third kappa shape index (κ3) is 3.23. The summed E-state index contributed by atoms with van der Waals surface area (Å²) >= 11 is 0. The van der Waals surface area contributed by atoms with Gasteiger partial charge in [-0.15, -0.1) is 6.58 Å². The van der Waals surface area contributed by atoms with Crippen LogP contribution in [-0.2, 0) is 4.79 Å². The maximum atomic E-state index is 12.4. The third-order valence-corrected chi connectivity index (χ3v) is 6.03. The number of carbonyl (C=O) groups is 3. The zero-order valence-electron chi connectivity index (χ0n) is 15.6. The number of carbonyl (C=O) groups excluding carboxylic acids is 3. The van der Waals surface area contributed by atoms with Crippen LogP contribution < -0.4 is 15.8 Å². The second-order valence-corrected chi connectivity index (χ2v) is 8.07. The lowest BCUT2D eigenvalue weighted by Crippen LogP contribution is -2.65. The molecule has 2 aliphatic carbocycles. The van der Waals surface area contributed by atoms with E-state index in [1.807, 2.05) is 0 Å². The summed E-state index contributed by atoms with van der Waals surface area (Å²) in [6.07, 6.45) is 7.40. The number of rotatable bonds is 6. The van der Waals surface area contributed by atoms with E-state index in [2.05, 4.69) is 16.9 Å². The summed E-state index contributed by atoms with van der Waals surface area (Å²) in [6, 6.07) is 2.75. The normalized spacial score (nSPS) is 31.6. The molecule has 0 radical (unpaired) electrons. The topological polar surface area (TPSA) is 115 Å². The zero-order valence-corrected chi connectivity index (χ0v) is 15.6. The molecule has 8 heteroatoms. The van der Waals surface area contributed by atoms with Crippen LogP contribution in [0.25, 0.3) is 0 Å². The largest absolute Gasteiger partial charge is 0.474 e. The lowest BCUT2D eigenvalue weighted by atomic mass is 9.52. The van der Waals surface area contributed by atoms with Gasteiger partial charge >= 0.3 is 6.03 Å². The highest BCUT2D eigenvalue weighted by Gasteiger charge is 2.57. The average molecular weight is 384 g/mol. The number of imide groups is 1. The van der Waals surface area contributed by atoms with Crippen LogP contribution in [0.2, 0.25) is 0 Å². The van der Waals surface area contributed by atoms with E-state index in [1.165, 1.54) is 4.90 Å². The first-order valence-corrected chi connectivity index (χ1v) is 9.56. The van der Waals surface area contributed by atoms with Gasteiger partial charge in [0.05, 0.1) is 0 Å². The Kier molecular flexibility index (Phi) is 4.56. The van der Waals surface area contributed by atoms with Crippen LogP contribution in [0.15, 0.2) is 31.0 Å². The number of amides is 4. The molecule has 1 aromatic heterocycles. The quantitative estimate of drug-likeness (QED) is 0.725. The summed E-state index contributed by atoms with van der Waals surface area (Å²) in [5.41, 5.74) is 5.74. The van der Waals surface area contributed by atoms with Crippen molar-refractivity contribution < 1.29 is 19.1 Å². The molecule has 28 heavy (non-hydrogen) atoms. The van der Waals surface area contributed by atoms with Crippen molar-refractivity contribution in [3.63, 3.8) is 0 Å². The van der Waals surface area contributed by atoms with Crippen LogP contribution in [0.4, 0.5) is 4.79 Å². The second kappa shape index (κ2) is 6.92. The smallest absolute Gasteiger partial charge is 0.324 e. The molecule has 1 spiro atoms. The van der Waals surface area contributed by atoms with E-state index < -0.39 is 5.91 Å². The monoisotopic (exact) mass is 384 g/mol. The highest BCUT2D eigenvalue weighted by molar-refractivity contribution is 5.98. The van der Waals surface area contributed by atoms with Gasteiger partial charge in [-0.1, -0.05) is 6.08 Å². The van der Waals surface area contributed by atoms with Gasteiger partial charge < -0.3 is 15.8 Å². The molecule has 0 aromatic carbocycles. The van der Waals surface area contributed by atoms with E-state index in [-0.39, 0.29) is 47.0 Å². The van der Waals surface area contributed by atoms with Crippen molar-refractivity contribution in [2.24, 2.45) is 11.1 Å². The summed E-state index contributed by atoms with van der Waals surface area (Å²) in [5, 5.41) is 2.89. The number of hydrogen-bond donors (Lipinski definition) is 2.